The highest BCUT2D eigenvalue weighted by Crippen LogP contribution is 2.30. The molecule has 146 valence electrons. The van der Waals surface area contributed by atoms with Crippen molar-refractivity contribution in [1.82, 2.24) is 0 Å². The minimum atomic E-state index is -3.17. The molecule has 2 heterocycles. The highest BCUT2D eigenvalue weighted by Gasteiger charge is 2.28. The molecule has 0 radical (unpaired) electrons. The number of sulfonamides is 1. The molecule has 0 saturated carbocycles. The number of rotatable bonds is 3. The fourth-order valence-electron chi connectivity index (χ4n) is 3.73. The van der Waals surface area contributed by atoms with Crippen molar-refractivity contribution in [3.05, 3.63) is 64.1 Å². The maximum Gasteiger partial charge on any atom is 0.250 e. The van der Waals surface area contributed by atoms with E-state index in [2.05, 4.69) is 22.0 Å². The lowest BCUT2D eigenvalue weighted by Crippen LogP contribution is -2.34. The van der Waals surface area contributed by atoms with Crippen molar-refractivity contribution in [2.75, 3.05) is 28.0 Å². The maximum absolute atomic E-state index is 12.7. The minimum Gasteiger partial charge on any atom is -0.309 e. The molecule has 2 aliphatic heterocycles. The average molecular weight is 461 g/mol. The Morgan fingerprint density at radius 3 is 2.54 bits per heavy atom. The SMILES string of the molecule is O=C(/C=C/c1ccc(N2CCCS2(=O)=O)cc1)N1CCCc2cc(Br)ccc21. The van der Waals surface area contributed by atoms with Crippen LogP contribution in [-0.4, -0.2) is 33.2 Å². The van der Waals surface area contributed by atoms with Crippen LogP contribution in [0.5, 0.6) is 0 Å². The van der Waals surface area contributed by atoms with E-state index in [4.69, 9.17) is 0 Å². The van der Waals surface area contributed by atoms with Crippen LogP contribution in [0.25, 0.3) is 6.08 Å². The predicted molar refractivity (Wildman–Crippen MR) is 116 cm³/mol. The summed E-state index contributed by atoms with van der Waals surface area (Å²) in [6.07, 6.45) is 5.94. The zero-order chi connectivity index (χ0) is 19.7. The lowest BCUT2D eigenvalue weighted by molar-refractivity contribution is -0.114. The van der Waals surface area contributed by atoms with Gasteiger partial charge in [0.1, 0.15) is 0 Å². The predicted octanol–water partition coefficient (Wildman–Crippen LogP) is 3.98. The summed E-state index contributed by atoms with van der Waals surface area (Å²) in [5.41, 5.74) is 3.69. The van der Waals surface area contributed by atoms with Crippen molar-refractivity contribution in [3.63, 3.8) is 0 Å². The second-order valence-electron chi connectivity index (χ2n) is 7.03. The quantitative estimate of drug-likeness (QED) is 0.650. The second-order valence-corrected chi connectivity index (χ2v) is 9.96. The first-order valence-corrected chi connectivity index (χ1v) is 11.7. The van der Waals surface area contributed by atoms with Crippen molar-refractivity contribution in [2.45, 2.75) is 19.3 Å². The van der Waals surface area contributed by atoms with E-state index in [1.54, 1.807) is 24.3 Å². The molecule has 0 N–H and O–H groups in total. The molecule has 0 atom stereocenters. The number of anilines is 2. The van der Waals surface area contributed by atoms with Gasteiger partial charge < -0.3 is 4.90 Å². The van der Waals surface area contributed by atoms with Crippen molar-refractivity contribution < 1.29 is 13.2 Å². The van der Waals surface area contributed by atoms with Gasteiger partial charge in [-0.05, 0) is 66.8 Å². The Morgan fingerprint density at radius 2 is 1.82 bits per heavy atom. The summed E-state index contributed by atoms with van der Waals surface area (Å²) < 4.78 is 26.5. The van der Waals surface area contributed by atoms with Crippen molar-refractivity contribution in [2.24, 2.45) is 0 Å². The molecule has 4 rings (SSSR count). The summed E-state index contributed by atoms with van der Waals surface area (Å²) in [5, 5.41) is 0. The molecule has 2 aromatic carbocycles. The normalized spacial score (nSPS) is 18.5. The lowest BCUT2D eigenvalue weighted by atomic mass is 10.0. The first-order valence-electron chi connectivity index (χ1n) is 9.32. The Hall–Kier alpha value is -2.12. The van der Waals surface area contributed by atoms with Crippen LogP contribution >= 0.6 is 15.9 Å². The van der Waals surface area contributed by atoms with Gasteiger partial charge in [0.15, 0.2) is 0 Å². The zero-order valence-corrected chi connectivity index (χ0v) is 17.7. The average Bonchev–Trinajstić information content (AvgIpc) is 3.05. The van der Waals surface area contributed by atoms with Gasteiger partial charge in [-0.2, -0.15) is 0 Å². The molecule has 5 nitrogen and oxygen atoms in total. The monoisotopic (exact) mass is 460 g/mol. The van der Waals surface area contributed by atoms with Gasteiger partial charge in [-0.25, -0.2) is 8.42 Å². The molecule has 2 aliphatic rings. The fraction of sp³-hybridized carbons (Fsp3) is 0.286. The van der Waals surface area contributed by atoms with E-state index in [0.717, 1.165) is 28.6 Å². The van der Waals surface area contributed by atoms with Crippen molar-refractivity contribution in [1.29, 1.82) is 0 Å². The largest absolute Gasteiger partial charge is 0.309 e. The number of fused-ring (bicyclic) bond motifs is 1. The molecule has 0 spiro atoms. The van der Waals surface area contributed by atoms with Gasteiger partial charge in [0, 0.05) is 29.3 Å². The van der Waals surface area contributed by atoms with Gasteiger partial charge in [0.25, 0.3) is 5.91 Å². The van der Waals surface area contributed by atoms with Gasteiger partial charge >= 0.3 is 0 Å². The van der Waals surface area contributed by atoms with Crippen LogP contribution in [0.3, 0.4) is 0 Å². The standard InChI is InChI=1S/C21H21BrN2O3S/c22-18-7-10-20-17(15-18)3-1-12-23(20)21(25)11-6-16-4-8-19(9-5-16)24-13-2-14-28(24,26)27/h4-11,15H,1-3,12-14H2/b11-6+. The molecule has 7 heteroatoms. The van der Waals surface area contributed by atoms with E-state index in [1.807, 2.05) is 29.2 Å². The Labute approximate surface area is 173 Å². The van der Waals surface area contributed by atoms with Gasteiger partial charge in [-0.15, -0.1) is 0 Å². The number of hydrogen-bond donors (Lipinski definition) is 0. The van der Waals surface area contributed by atoms with Crippen LogP contribution in [0.15, 0.2) is 53.0 Å². The van der Waals surface area contributed by atoms with Crippen LogP contribution in [0.4, 0.5) is 11.4 Å². The molecule has 1 fully saturated rings. The molecule has 0 bridgehead atoms. The fourth-order valence-corrected chi connectivity index (χ4v) is 5.71. The molecule has 0 unspecified atom stereocenters. The number of benzene rings is 2. The molecule has 28 heavy (non-hydrogen) atoms. The van der Waals surface area contributed by atoms with E-state index < -0.39 is 10.0 Å². The first-order chi connectivity index (χ1) is 13.4. The molecule has 1 amide bonds. The van der Waals surface area contributed by atoms with Crippen LogP contribution in [0.1, 0.15) is 24.0 Å². The van der Waals surface area contributed by atoms with E-state index in [9.17, 15) is 13.2 Å². The van der Waals surface area contributed by atoms with Crippen LogP contribution in [-0.2, 0) is 21.2 Å². The first kappa shape index (κ1) is 19.2. The third-order valence-corrected chi connectivity index (χ3v) is 7.49. The summed E-state index contributed by atoms with van der Waals surface area (Å²) >= 11 is 3.49. The van der Waals surface area contributed by atoms with E-state index in [-0.39, 0.29) is 11.7 Å². The summed E-state index contributed by atoms with van der Waals surface area (Å²) in [6.45, 7) is 1.24. The minimum absolute atomic E-state index is 0.0468. The van der Waals surface area contributed by atoms with Gasteiger partial charge in [-0.1, -0.05) is 28.1 Å². The van der Waals surface area contributed by atoms with Crippen molar-refractivity contribution in [3.8, 4) is 0 Å². The third kappa shape index (κ3) is 3.86. The number of nitrogens with zero attached hydrogens (tertiary/aromatic N) is 2. The maximum atomic E-state index is 12.7. The number of amides is 1. The number of hydrogen-bond acceptors (Lipinski definition) is 3. The third-order valence-electron chi connectivity index (χ3n) is 5.12. The van der Waals surface area contributed by atoms with Crippen molar-refractivity contribution >= 4 is 49.3 Å². The topological polar surface area (TPSA) is 57.7 Å². The highest BCUT2D eigenvalue weighted by atomic mass is 79.9. The summed E-state index contributed by atoms with van der Waals surface area (Å²) in [6, 6.07) is 13.3. The van der Waals surface area contributed by atoms with Gasteiger partial charge in [0.05, 0.1) is 11.4 Å². The molecule has 0 aliphatic carbocycles. The Morgan fingerprint density at radius 1 is 1.04 bits per heavy atom. The molecule has 1 saturated heterocycles. The number of carbonyl (C=O) groups excluding carboxylic acids is 1. The number of aryl methyl sites for hydroxylation is 1. The molecular weight excluding hydrogens is 440 g/mol. The van der Waals surface area contributed by atoms with Crippen LogP contribution < -0.4 is 9.21 Å². The Bertz CT molecular complexity index is 1030. The Kier molecular flexibility index (Phi) is 5.29. The smallest absolute Gasteiger partial charge is 0.250 e. The van der Waals surface area contributed by atoms with Crippen LogP contribution in [0.2, 0.25) is 0 Å². The summed E-state index contributed by atoms with van der Waals surface area (Å²) in [5.74, 6) is 0.159. The number of carbonyl (C=O) groups is 1. The lowest BCUT2D eigenvalue weighted by Gasteiger charge is -2.28. The summed E-state index contributed by atoms with van der Waals surface area (Å²) in [4.78, 5) is 14.5. The molecule has 2 aromatic rings. The number of halogens is 1. The van der Waals surface area contributed by atoms with E-state index in [1.165, 1.54) is 9.87 Å². The van der Waals surface area contributed by atoms with Crippen LogP contribution in [0, 0.1) is 0 Å². The van der Waals surface area contributed by atoms with Gasteiger partial charge in [-0.3, -0.25) is 9.10 Å². The van der Waals surface area contributed by atoms with Gasteiger partial charge in [0.2, 0.25) is 10.0 Å². The molecular formula is C21H21BrN2O3S. The van der Waals surface area contributed by atoms with E-state index >= 15 is 0 Å². The summed E-state index contributed by atoms with van der Waals surface area (Å²) in [7, 11) is -3.17. The second kappa shape index (κ2) is 7.72. The van der Waals surface area contributed by atoms with E-state index in [0.29, 0.717) is 25.2 Å². The Balaban J connectivity index is 1.49. The molecule has 0 aromatic heterocycles. The highest BCUT2D eigenvalue weighted by molar-refractivity contribution is 9.10. The zero-order valence-electron chi connectivity index (χ0n) is 15.3.